The lowest BCUT2D eigenvalue weighted by molar-refractivity contribution is 0.668. The lowest BCUT2D eigenvalue weighted by atomic mass is 9.96. The van der Waals surface area contributed by atoms with Crippen molar-refractivity contribution in [1.82, 2.24) is 15.0 Å². The average molecular weight is 642 g/mol. The third-order valence-corrected chi connectivity index (χ3v) is 9.34. The molecule has 0 unspecified atom stereocenters. The van der Waals surface area contributed by atoms with Gasteiger partial charge in [0.1, 0.15) is 22.3 Å². The molecule has 3 aromatic heterocycles. The minimum atomic E-state index is 0.620. The van der Waals surface area contributed by atoms with Gasteiger partial charge in [-0.1, -0.05) is 121 Å². The SMILES string of the molecule is c1ccc(-c2nc(-c3ccccc3)nc(-c3cccc(-c4cccc5oc6cc(-c7ccc8c(c7)oc7ccccc78)ccc6c45)c3)n2)cc1. The number of furan rings is 2. The molecule has 10 aromatic rings. The highest BCUT2D eigenvalue weighted by Crippen LogP contribution is 2.40. The third kappa shape index (κ3) is 4.75. The molecule has 10 rings (SSSR count). The van der Waals surface area contributed by atoms with Gasteiger partial charge in [-0.3, -0.25) is 0 Å². The summed E-state index contributed by atoms with van der Waals surface area (Å²) in [5.41, 5.74) is 10.5. The van der Waals surface area contributed by atoms with Crippen molar-refractivity contribution in [2.24, 2.45) is 0 Å². The van der Waals surface area contributed by atoms with Crippen LogP contribution in [0.4, 0.5) is 0 Å². The number of hydrogen-bond acceptors (Lipinski definition) is 5. The van der Waals surface area contributed by atoms with E-state index >= 15 is 0 Å². The van der Waals surface area contributed by atoms with Crippen LogP contribution in [-0.4, -0.2) is 15.0 Å². The minimum absolute atomic E-state index is 0.620. The minimum Gasteiger partial charge on any atom is -0.456 e. The summed E-state index contributed by atoms with van der Waals surface area (Å²) in [6, 6.07) is 55.7. The van der Waals surface area contributed by atoms with Crippen LogP contribution >= 0.6 is 0 Å². The maximum Gasteiger partial charge on any atom is 0.164 e. The summed E-state index contributed by atoms with van der Waals surface area (Å²) in [6.45, 7) is 0. The van der Waals surface area contributed by atoms with Crippen molar-refractivity contribution in [2.45, 2.75) is 0 Å². The highest BCUT2D eigenvalue weighted by Gasteiger charge is 2.17. The lowest BCUT2D eigenvalue weighted by Crippen LogP contribution is -2.00. The molecular formula is C45H27N3O2. The fourth-order valence-corrected chi connectivity index (χ4v) is 6.91. The molecule has 7 aromatic carbocycles. The van der Waals surface area contributed by atoms with Gasteiger partial charge in [0.25, 0.3) is 0 Å². The molecule has 5 heteroatoms. The molecule has 0 amide bonds. The van der Waals surface area contributed by atoms with Gasteiger partial charge in [-0.2, -0.15) is 0 Å². The molecule has 0 radical (unpaired) electrons. The van der Waals surface area contributed by atoms with Crippen LogP contribution in [0.1, 0.15) is 0 Å². The van der Waals surface area contributed by atoms with E-state index < -0.39 is 0 Å². The first-order valence-corrected chi connectivity index (χ1v) is 16.6. The van der Waals surface area contributed by atoms with Crippen LogP contribution in [0.5, 0.6) is 0 Å². The molecular weight excluding hydrogens is 615 g/mol. The van der Waals surface area contributed by atoms with Crippen molar-refractivity contribution in [3.05, 3.63) is 164 Å². The van der Waals surface area contributed by atoms with E-state index in [9.17, 15) is 0 Å². The Kier molecular flexibility index (Phi) is 6.42. The Morgan fingerprint density at radius 2 is 0.800 bits per heavy atom. The van der Waals surface area contributed by atoms with Crippen LogP contribution < -0.4 is 0 Å². The fourth-order valence-electron chi connectivity index (χ4n) is 6.91. The van der Waals surface area contributed by atoms with Crippen molar-refractivity contribution >= 4 is 43.9 Å². The molecule has 0 saturated carbocycles. The smallest absolute Gasteiger partial charge is 0.164 e. The van der Waals surface area contributed by atoms with Gasteiger partial charge in [-0.05, 0) is 64.7 Å². The number of fused-ring (bicyclic) bond motifs is 6. The van der Waals surface area contributed by atoms with Gasteiger partial charge in [-0.25, -0.2) is 15.0 Å². The monoisotopic (exact) mass is 641 g/mol. The summed E-state index contributed by atoms with van der Waals surface area (Å²) in [4.78, 5) is 14.8. The van der Waals surface area contributed by atoms with Crippen LogP contribution in [0.25, 0.3) is 100 Å². The van der Waals surface area contributed by atoms with Crippen molar-refractivity contribution in [3.8, 4) is 56.4 Å². The van der Waals surface area contributed by atoms with E-state index in [2.05, 4.69) is 72.8 Å². The van der Waals surface area contributed by atoms with Crippen LogP contribution in [0, 0.1) is 0 Å². The molecule has 0 aliphatic heterocycles. The van der Waals surface area contributed by atoms with Crippen LogP contribution in [0.3, 0.4) is 0 Å². The highest BCUT2D eigenvalue weighted by molar-refractivity contribution is 6.13. The van der Waals surface area contributed by atoms with Crippen molar-refractivity contribution in [2.75, 3.05) is 0 Å². The zero-order chi connectivity index (χ0) is 33.0. The van der Waals surface area contributed by atoms with Crippen molar-refractivity contribution < 1.29 is 8.83 Å². The number of aromatic nitrogens is 3. The normalized spacial score (nSPS) is 11.6. The summed E-state index contributed by atoms with van der Waals surface area (Å²) in [5, 5.41) is 4.38. The number of rotatable bonds is 5. The van der Waals surface area contributed by atoms with Crippen LogP contribution in [0.2, 0.25) is 0 Å². The maximum absolute atomic E-state index is 6.50. The van der Waals surface area contributed by atoms with E-state index in [0.717, 1.165) is 82.8 Å². The molecule has 0 atom stereocenters. The molecule has 234 valence electrons. The molecule has 50 heavy (non-hydrogen) atoms. The fraction of sp³-hybridized carbons (Fsp3) is 0. The largest absolute Gasteiger partial charge is 0.456 e. The molecule has 0 aliphatic carbocycles. The molecule has 0 N–H and O–H groups in total. The Hall–Kier alpha value is -6.85. The van der Waals surface area contributed by atoms with Gasteiger partial charge in [0.15, 0.2) is 17.5 Å². The Bertz CT molecular complexity index is 2810. The highest BCUT2D eigenvalue weighted by atomic mass is 16.3. The Morgan fingerprint density at radius 1 is 0.300 bits per heavy atom. The molecule has 3 heterocycles. The lowest BCUT2D eigenvalue weighted by Gasteiger charge is -2.10. The van der Waals surface area contributed by atoms with E-state index in [0.29, 0.717) is 17.5 Å². The second-order valence-corrected chi connectivity index (χ2v) is 12.4. The molecule has 0 fully saturated rings. The van der Waals surface area contributed by atoms with Crippen molar-refractivity contribution in [3.63, 3.8) is 0 Å². The molecule has 0 aliphatic rings. The molecule has 0 spiro atoms. The first-order chi connectivity index (χ1) is 24.7. The predicted octanol–water partition coefficient (Wildman–Crippen LogP) is 12.0. The topological polar surface area (TPSA) is 65.0 Å². The summed E-state index contributed by atoms with van der Waals surface area (Å²) in [5.74, 6) is 1.89. The van der Waals surface area contributed by atoms with E-state index in [1.165, 1.54) is 0 Å². The zero-order valence-electron chi connectivity index (χ0n) is 26.7. The third-order valence-electron chi connectivity index (χ3n) is 9.34. The van der Waals surface area contributed by atoms with E-state index in [1.807, 2.05) is 91.0 Å². The van der Waals surface area contributed by atoms with Gasteiger partial charge < -0.3 is 8.83 Å². The number of nitrogens with zero attached hydrogens (tertiary/aromatic N) is 3. The second kappa shape index (κ2) is 11.4. The van der Waals surface area contributed by atoms with Gasteiger partial charge in [0, 0.05) is 38.2 Å². The summed E-state index contributed by atoms with van der Waals surface area (Å²) < 4.78 is 12.7. The Labute approximate surface area is 287 Å². The first-order valence-electron chi connectivity index (χ1n) is 16.6. The quantitative estimate of drug-likeness (QED) is 0.187. The number of hydrogen-bond donors (Lipinski definition) is 0. The Balaban J connectivity index is 1.07. The standard InChI is InChI=1S/C45H27N3O2/c1-3-11-28(12-4-1)43-46-44(29-13-5-2-6-14-29)48-45(47-43)33-16-9-15-32(25-33)34-18-10-20-39-42(34)37-24-22-31(27-41(37)50-39)30-21-23-36-35-17-7-8-19-38(35)49-40(36)26-30/h1-27H. The predicted molar refractivity (Wildman–Crippen MR) is 202 cm³/mol. The van der Waals surface area contributed by atoms with Gasteiger partial charge >= 0.3 is 0 Å². The summed E-state index contributed by atoms with van der Waals surface area (Å²) in [6.07, 6.45) is 0. The first kappa shape index (κ1) is 28.2. The number of para-hydroxylation sites is 1. The number of benzene rings is 7. The molecule has 0 bridgehead atoms. The van der Waals surface area contributed by atoms with E-state index in [1.54, 1.807) is 0 Å². The van der Waals surface area contributed by atoms with E-state index in [4.69, 9.17) is 23.8 Å². The van der Waals surface area contributed by atoms with Gasteiger partial charge in [0.05, 0.1) is 0 Å². The van der Waals surface area contributed by atoms with Crippen LogP contribution in [-0.2, 0) is 0 Å². The van der Waals surface area contributed by atoms with Gasteiger partial charge in [-0.15, -0.1) is 0 Å². The Morgan fingerprint density at radius 3 is 1.52 bits per heavy atom. The van der Waals surface area contributed by atoms with Gasteiger partial charge in [0.2, 0.25) is 0 Å². The van der Waals surface area contributed by atoms with Crippen molar-refractivity contribution in [1.29, 1.82) is 0 Å². The summed E-state index contributed by atoms with van der Waals surface area (Å²) in [7, 11) is 0. The second-order valence-electron chi connectivity index (χ2n) is 12.4. The van der Waals surface area contributed by atoms with Crippen LogP contribution in [0.15, 0.2) is 173 Å². The summed E-state index contributed by atoms with van der Waals surface area (Å²) >= 11 is 0. The molecule has 5 nitrogen and oxygen atoms in total. The van der Waals surface area contributed by atoms with E-state index in [-0.39, 0.29) is 0 Å². The maximum atomic E-state index is 6.50. The average Bonchev–Trinajstić information content (AvgIpc) is 3.76. The zero-order valence-corrected chi connectivity index (χ0v) is 26.7. The molecule has 0 saturated heterocycles.